The first-order valence-corrected chi connectivity index (χ1v) is 10.6. The smallest absolute Gasteiger partial charge is 0.404 e. The largest absolute Gasteiger partial charge is 0.442 e. The zero-order valence-electron chi connectivity index (χ0n) is 16.6. The van der Waals surface area contributed by atoms with Gasteiger partial charge >= 0.3 is 16.2 Å². The number of primary amides is 1. The minimum atomic E-state index is -4.26. The molecule has 0 aliphatic heterocycles. The van der Waals surface area contributed by atoms with Gasteiger partial charge in [-0.3, -0.25) is 4.98 Å². The average Bonchev–Trinajstić information content (AvgIpc) is 3.07. The molecule has 1 amide bonds. The van der Waals surface area contributed by atoms with Crippen LogP contribution in [0.4, 0.5) is 4.79 Å². The van der Waals surface area contributed by atoms with Crippen molar-refractivity contribution in [2.24, 2.45) is 5.73 Å². The number of nitrogens with two attached hydrogens (primary N) is 1. The van der Waals surface area contributed by atoms with Crippen LogP contribution in [0.1, 0.15) is 37.0 Å². The molecule has 9 nitrogen and oxygen atoms in total. The second kappa shape index (κ2) is 8.95. The Balaban J connectivity index is 2.13. The van der Waals surface area contributed by atoms with Crippen LogP contribution in [-0.2, 0) is 28.0 Å². The van der Waals surface area contributed by atoms with Gasteiger partial charge in [0.25, 0.3) is 0 Å². The minimum absolute atomic E-state index is 0.0880. The third-order valence-electron chi connectivity index (χ3n) is 4.15. The van der Waals surface area contributed by atoms with Gasteiger partial charge in [0.05, 0.1) is 17.9 Å². The van der Waals surface area contributed by atoms with E-state index in [1.54, 1.807) is 54.7 Å². The Hall–Kier alpha value is -3.40. The Labute approximate surface area is 174 Å². The van der Waals surface area contributed by atoms with Crippen LogP contribution in [0.15, 0.2) is 59.8 Å². The molecule has 3 rings (SSSR count). The van der Waals surface area contributed by atoms with E-state index < -0.39 is 16.2 Å². The van der Waals surface area contributed by atoms with Crippen LogP contribution in [0.2, 0.25) is 0 Å². The van der Waals surface area contributed by atoms with Gasteiger partial charge < -0.3 is 19.2 Å². The molecule has 0 aliphatic carbocycles. The van der Waals surface area contributed by atoms with E-state index in [0.29, 0.717) is 11.4 Å². The summed E-state index contributed by atoms with van der Waals surface area (Å²) in [6, 6.07) is 13.5. The van der Waals surface area contributed by atoms with Crippen LogP contribution >= 0.6 is 0 Å². The van der Waals surface area contributed by atoms with Crippen molar-refractivity contribution >= 4 is 16.2 Å². The summed E-state index contributed by atoms with van der Waals surface area (Å²) in [6.07, 6.45) is 0.613. The molecule has 0 fully saturated rings. The van der Waals surface area contributed by atoms with Gasteiger partial charge in [-0.2, -0.15) is 8.42 Å². The number of para-hydroxylation sites is 1. The molecule has 0 bridgehead atoms. The third-order valence-corrected chi connectivity index (χ3v) is 5.46. The molecule has 0 spiro atoms. The van der Waals surface area contributed by atoms with Crippen LogP contribution in [0.3, 0.4) is 0 Å². The van der Waals surface area contributed by atoms with Crippen molar-refractivity contribution in [3.8, 4) is 5.75 Å². The van der Waals surface area contributed by atoms with E-state index in [1.807, 2.05) is 13.8 Å². The van der Waals surface area contributed by atoms with Crippen LogP contribution in [0.5, 0.6) is 5.75 Å². The summed E-state index contributed by atoms with van der Waals surface area (Å²) in [4.78, 5) is 19.8. The highest BCUT2D eigenvalue weighted by Gasteiger charge is 2.32. The highest BCUT2D eigenvalue weighted by molar-refractivity contribution is 7.87. The Bertz CT molecular complexity index is 1110. The minimum Gasteiger partial charge on any atom is -0.442 e. The molecular weight excluding hydrogens is 408 g/mol. The summed E-state index contributed by atoms with van der Waals surface area (Å²) in [5, 5.41) is -0.116. The van der Waals surface area contributed by atoms with Gasteiger partial charge in [-0.05, 0) is 30.2 Å². The number of aromatic nitrogens is 3. The van der Waals surface area contributed by atoms with Gasteiger partial charge in [0.1, 0.15) is 11.6 Å². The maximum absolute atomic E-state index is 13.3. The molecule has 30 heavy (non-hydrogen) atoms. The lowest BCUT2D eigenvalue weighted by molar-refractivity contribution is 0.145. The van der Waals surface area contributed by atoms with Crippen molar-refractivity contribution in [3.05, 3.63) is 71.9 Å². The number of imidazole rings is 1. The second-order valence-corrected chi connectivity index (χ2v) is 8.20. The topological polar surface area (TPSA) is 126 Å². The molecule has 10 heteroatoms. The normalized spacial score (nSPS) is 11.4. The molecule has 0 saturated heterocycles. The molecule has 0 saturated carbocycles. The highest BCUT2D eigenvalue weighted by Crippen LogP contribution is 2.28. The van der Waals surface area contributed by atoms with Gasteiger partial charge in [-0.15, -0.1) is 0 Å². The quantitative estimate of drug-likeness (QED) is 0.544. The number of amides is 1. The van der Waals surface area contributed by atoms with Gasteiger partial charge in [-0.1, -0.05) is 38.1 Å². The number of hydrogen-bond donors (Lipinski definition) is 1. The summed E-state index contributed by atoms with van der Waals surface area (Å²) < 4.78 is 38.2. The van der Waals surface area contributed by atoms with Gasteiger partial charge in [0, 0.05) is 6.20 Å². The Morgan fingerprint density at radius 1 is 1.13 bits per heavy atom. The van der Waals surface area contributed by atoms with E-state index in [4.69, 9.17) is 14.7 Å². The lowest BCUT2D eigenvalue weighted by Crippen LogP contribution is -2.20. The molecule has 2 aromatic heterocycles. The number of carbonyl (C=O) groups excluding carboxylic acids is 1. The maximum atomic E-state index is 13.3. The van der Waals surface area contributed by atoms with E-state index >= 15 is 0 Å². The van der Waals surface area contributed by atoms with Gasteiger partial charge in [0.15, 0.2) is 11.6 Å². The summed E-state index contributed by atoms with van der Waals surface area (Å²) in [7, 11) is -4.26. The summed E-state index contributed by atoms with van der Waals surface area (Å²) in [5.41, 5.74) is 5.98. The van der Waals surface area contributed by atoms with Gasteiger partial charge in [-0.25, -0.2) is 9.78 Å². The number of nitrogens with zero attached hydrogens (tertiary/aromatic N) is 3. The monoisotopic (exact) mass is 430 g/mol. The number of pyridine rings is 1. The first-order chi connectivity index (χ1) is 14.3. The molecule has 2 heterocycles. The Morgan fingerprint density at radius 3 is 2.43 bits per heavy atom. The Morgan fingerprint density at radius 2 is 1.83 bits per heavy atom. The lowest BCUT2D eigenvalue weighted by atomic mass is 10.1. The predicted octanol–water partition coefficient (Wildman–Crippen LogP) is 2.81. The van der Waals surface area contributed by atoms with Crippen LogP contribution in [0.25, 0.3) is 0 Å². The molecule has 0 atom stereocenters. The number of benzene rings is 1. The fourth-order valence-corrected chi connectivity index (χ4v) is 4.27. The fraction of sp³-hybridized carbons (Fsp3) is 0.250. The number of hydrogen-bond acceptors (Lipinski definition) is 7. The van der Waals surface area contributed by atoms with E-state index in [9.17, 15) is 13.2 Å². The van der Waals surface area contributed by atoms with Crippen LogP contribution < -0.4 is 9.92 Å². The van der Waals surface area contributed by atoms with Crippen LogP contribution in [-0.4, -0.2) is 29.0 Å². The van der Waals surface area contributed by atoms with Crippen LogP contribution in [0, 0.1) is 0 Å². The molecular formula is C20H22N4O5S. The van der Waals surface area contributed by atoms with Gasteiger partial charge in [0.2, 0.25) is 0 Å². The SMILES string of the molecule is CC(C)c1nc(COC(N)=O)n(Cc2ccccn2)c1S(=O)(=O)Oc1ccccc1. The van der Waals surface area contributed by atoms with Crippen molar-refractivity contribution in [1.82, 2.24) is 14.5 Å². The molecule has 1 aromatic carbocycles. The summed E-state index contributed by atoms with van der Waals surface area (Å²) in [6.45, 7) is 3.43. The van der Waals surface area contributed by atoms with Crippen molar-refractivity contribution in [1.29, 1.82) is 0 Å². The number of rotatable bonds is 8. The number of ether oxygens (including phenoxy) is 1. The van der Waals surface area contributed by atoms with E-state index in [-0.39, 0.29) is 35.7 Å². The third kappa shape index (κ3) is 4.95. The first kappa shape index (κ1) is 21.3. The van der Waals surface area contributed by atoms with Crippen molar-refractivity contribution < 1.29 is 22.1 Å². The van der Waals surface area contributed by atoms with Crippen molar-refractivity contribution in [2.75, 3.05) is 0 Å². The standard InChI is InChI=1S/C20H22N4O5S/c1-14(2)18-19(30(26,27)29-16-9-4-3-5-10-16)24(12-15-8-6-7-11-22-15)17(23-18)13-28-20(21)25/h3-11,14H,12-13H2,1-2H3,(H2,21,25). The molecule has 2 N–H and O–H groups in total. The summed E-state index contributed by atoms with van der Waals surface area (Å²) in [5.74, 6) is 0.151. The van der Waals surface area contributed by atoms with E-state index in [2.05, 4.69) is 9.97 Å². The number of carbonyl (C=O) groups is 1. The second-order valence-electron chi connectivity index (χ2n) is 6.74. The average molecular weight is 430 g/mol. The molecule has 0 unspecified atom stereocenters. The van der Waals surface area contributed by atoms with Crippen molar-refractivity contribution in [2.45, 2.75) is 37.9 Å². The first-order valence-electron chi connectivity index (χ1n) is 9.19. The molecule has 0 radical (unpaired) electrons. The lowest BCUT2D eigenvalue weighted by Gasteiger charge is -2.14. The van der Waals surface area contributed by atoms with E-state index in [0.717, 1.165) is 0 Å². The van der Waals surface area contributed by atoms with Crippen molar-refractivity contribution in [3.63, 3.8) is 0 Å². The molecule has 0 aliphatic rings. The molecule has 3 aromatic rings. The zero-order valence-corrected chi connectivity index (χ0v) is 17.4. The Kier molecular flexibility index (Phi) is 6.36. The summed E-state index contributed by atoms with van der Waals surface area (Å²) >= 11 is 0. The predicted molar refractivity (Wildman–Crippen MR) is 108 cm³/mol. The zero-order chi connectivity index (χ0) is 21.7. The highest BCUT2D eigenvalue weighted by atomic mass is 32.2. The fourth-order valence-electron chi connectivity index (χ4n) is 2.85. The van der Waals surface area contributed by atoms with E-state index in [1.165, 1.54) is 4.57 Å². The molecule has 158 valence electrons. The maximum Gasteiger partial charge on any atom is 0.404 e.